The van der Waals surface area contributed by atoms with E-state index in [1.165, 1.54) is 12.3 Å². The fourth-order valence-corrected chi connectivity index (χ4v) is 5.28. The molecule has 1 N–H and O–H groups in total. The van der Waals surface area contributed by atoms with Gasteiger partial charge in [0.1, 0.15) is 16.9 Å². The number of fused-ring (bicyclic) bond motifs is 1. The number of nitrogens with one attached hydrogen (secondary N) is 1. The first-order chi connectivity index (χ1) is 16.3. The van der Waals surface area contributed by atoms with Crippen LogP contribution in [0.4, 0.5) is 9.18 Å². The molecule has 1 saturated carbocycles. The van der Waals surface area contributed by atoms with Crippen molar-refractivity contribution in [3.05, 3.63) is 71.8 Å². The number of carbonyl (C=O) groups is 2. The van der Waals surface area contributed by atoms with Gasteiger partial charge >= 0.3 is 6.09 Å². The fourth-order valence-electron chi connectivity index (χ4n) is 5.28. The average molecular weight is 463 g/mol. The monoisotopic (exact) mass is 462 g/mol. The lowest BCUT2D eigenvalue weighted by molar-refractivity contribution is 0.0663. The average Bonchev–Trinajstić information content (AvgIpc) is 3.07. The Kier molecular flexibility index (Phi) is 5.67. The van der Waals surface area contributed by atoms with Gasteiger partial charge in [-0.3, -0.25) is 19.7 Å². The second-order valence-electron chi connectivity index (χ2n) is 9.55. The number of rotatable bonds is 4. The molecule has 1 aliphatic carbocycles. The van der Waals surface area contributed by atoms with Gasteiger partial charge in [0.2, 0.25) is 0 Å². The third-order valence-electron chi connectivity index (χ3n) is 6.83. The lowest BCUT2D eigenvalue weighted by Crippen LogP contribution is -2.46. The third-order valence-corrected chi connectivity index (χ3v) is 6.83. The topological polar surface area (TPSA) is 84.4 Å². The number of hydrogen-bond acceptors (Lipinski definition) is 5. The molecule has 5 rings (SSSR count). The molecule has 2 aliphatic rings. The van der Waals surface area contributed by atoms with Gasteiger partial charge in [-0.15, -0.1) is 0 Å². The molecule has 1 atom stereocenters. The Morgan fingerprint density at radius 3 is 2.59 bits per heavy atom. The van der Waals surface area contributed by atoms with Crippen molar-refractivity contribution in [3.63, 3.8) is 0 Å². The van der Waals surface area contributed by atoms with E-state index in [1.54, 1.807) is 6.07 Å². The van der Waals surface area contributed by atoms with E-state index in [4.69, 9.17) is 4.74 Å². The third kappa shape index (κ3) is 4.08. The van der Waals surface area contributed by atoms with Crippen LogP contribution >= 0.6 is 0 Å². The van der Waals surface area contributed by atoms with Crippen LogP contribution in [-0.2, 0) is 4.74 Å². The van der Waals surface area contributed by atoms with Crippen molar-refractivity contribution in [1.82, 2.24) is 20.2 Å². The van der Waals surface area contributed by atoms with Gasteiger partial charge in [0.15, 0.2) is 0 Å². The SMILES string of the molecule is CC1(C)OC(=O)N([C@H]2CC[C@H](NC(=O)c3ccnc4cc(F)cnc34)CC2)[C@H]1c1ccccc1. The van der Waals surface area contributed by atoms with E-state index in [0.29, 0.717) is 16.6 Å². The van der Waals surface area contributed by atoms with Gasteiger partial charge in [-0.05, 0) is 51.2 Å². The van der Waals surface area contributed by atoms with Crippen molar-refractivity contribution < 1.29 is 18.7 Å². The van der Waals surface area contributed by atoms with Gasteiger partial charge in [0.25, 0.3) is 5.91 Å². The maximum absolute atomic E-state index is 13.5. The highest BCUT2D eigenvalue weighted by Gasteiger charge is 2.51. The molecule has 8 heteroatoms. The minimum atomic E-state index is -0.627. The first-order valence-electron chi connectivity index (χ1n) is 11.6. The summed E-state index contributed by atoms with van der Waals surface area (Å²) >= 11 is 0. The number of nitrogens with zero attached hydrogens (tertiary/aromatic N) is 3. The highest BCUT2D eigenvalue weighted by atomic mass is 19.1. The standard InChI is InChI=1S/C26H27FN4O3/c1-26(2)23(16-6-4-3-5-7-16)31(25(33)34-26)19-10-8-18(9-11-19)30-24(32)20-12-13-28-21-14-17(27)15-29-22(20)21/h3-7,12-15,18-19,23H,8-11H2,1-2H3,(H,30,32)/t18-,19-,23-/m0/s1. The summed E-state index contributed by atoms with van der Waals surface area (Å²) in [6.45, 7) is 3.90. The molecule has 0 bridgehead atoms. The zero-order chi connectivity index (χ0) is 23.9. The minimum Gasteiger partial charge on any atom is -0.441 e. The fraction of sp³-hybridized carbons (Fsp3) is 0.385. The smallest absolute Gasteiger partial charge is 0.411 e. The van der Waals surface area contributed by atoms with Crippen LogP contribution in [0.3, 0.4) is 0 Å². The summed E-state index contributed by atoms with van der Waals surface area (Å²) in [5, 5.41) is 3.09. The van der Waals surface area contributed by atoms with Crippen LogP contribution in [0.15, 0.2) is 54.9 Å². The van der Waals surface area contributed by atoms with Crippen LogP contribution < -0.4 is 5.32 Å². The van der Waals surface area contributed by atoms with Crippen molar-refractivity contribution in [2.45, 2.75) is 63.3 Å². The number of cyclic esters (lactones) is 1. The number of halogens is 1. The van der Waals surface area contributed by atoms with Gasteiger partial charge in [-0.1, -0.05) is 30.3 Å². The maximum atomic E-state index is 13.5. The Hall–Kier alpha value is -3.55. The summed E-state index contributed by atoms with van der Waals surface area (Å²) < 4.78 is 19.2. The second-order valence-corrected chi connectivity index (χ2v) is 9.55. The Balaban J connectivity index is 1.28. The van der Waals surface area contributed by atoms with E-state index < -0.39 is 11.4 Å². The Bertz CT molecular complexity index is 1230. The van der Waals surface area contributed by atoms with Gasteiger partial charge in [-0.2, -0.15) is 0 Å². The van der Waals surface area contributed by atoms with Crippen molar-refractivity contribution in [1.29, 1.82) is 0 Å². The number of pyridine rings is 2. The first-order valence-corrected chi connectivity index (χ1v) is 11.6. The van der Waals surface area contributed by atoms with Crippen molar-refractivity contribution in [2.24, 2.45) is 0 Å². The lowest BCUT2D eigenvalue weighted by Gasteiger charge is -2.38. The van der Waals surface area contributed by atoms with Crippen molar-refractivity contribution in [3.8, 4) is 0 Å². The second kappa shape index (κ2) is 8.66. The van der Waals surface area contributed by atoms with Gasteiger partial charge in [0.05, 0.1) is 23.3 Å². The van der Waals surface area contributed by atoms with E-state index in [9.17, 15) is 14.0 Å². The van der Waals surface area contributed by atoms with Gasteiger partial charge in [-0.25, -0.2) is 9.18 Å². The molecule has 7 nitrogen and oxygen atoms in total. The van der Waals surface area contributed by atoms with Crippen LogP contribution in [0, 0.1) is 5.82 Å². The van der Waals surface area contributed by atoms with Crippen LogP contribution in [0.1, 0.15) is 61.5 Å². The van der Waals surface area contributed by atoms with E-state index in [2.05, 4.69) is 15.3 Å². The lowest BCUT2D eigenvalue weighted by atomic mass is 9.86. The number of hydrogen-bond donors (Lipinski definition) is 1. The number of benzene rings is 1. The highest BCUT2D eigenvalue weighted by molar-refractivity contribution is 6.04. The summed E-state index contributed by atoms with van der Waals surface area (Å²) in [6, 6.07) is 12.7. The summed E-state index contributed by atoms with van der Waals surface area (Å²) in [4.78, 5) is 35.9. The van der Waals surface area contributed by atoms with Crippen LogP contribution in [0.25, 0.3) is 11.0 Å². The number of carbonyl (C=O) groups excluding carboxylic acids is 2. The van der Waals surface area contributed by atoms with Gasteiger partial charge in [0, 0.05) is 24.3 Å². The normalized spacial score (nSPS) is 24.1. The molecule has 0 unspecified atom stereocenters. The molecule has 3 heterocycles. The predicted molar refractivity (Wildman–Crippen MR) is 125 cm³/mol. The predicted octanol–water partition coefficient (Wildman–Crippen LogP) is 4.78. The maximum Gasteiger partial charge on any atom is 0.411 e. The van der Waals surface area contributed by atoms with Crippen molar-refractivity contribution in [2.75, 3.05) is 0 Å². The summed E-state index contributed by atoms with van der Waals surface area (Å²) in [5.74, 6) is -0.743. The molecule has 34 heavy (non-hydrogen) atoms. The molecule has 0 radical (unpaired) electrons. The molecule has 176 valence electrons. The molecule has 3 aromatic rings. The van der Waals surface area contributed by atoms with E-state index in [-0.39, 0.29) is 30.1 Å². The molecular weight excluding hydrogens is 435 g/mol. The molecule has 2 fully saturated rings. The number of ether oxygens (including phenoxy) is 1. The molecular formula is C26H27FN4O3. The van der Waals surface area contributed by atoms with Gasteiger partial charge < -0.3 is 10.1 Å². The highest BCUT2D eigenvalue weighted by Crippen LogP contribution is 2.44. The molecule has 0 spiro atoms. The zero-order valence-corrected chi connectivity index (χ0v) is 19.2. The molecule has 1 saturated heterocycles. The van der Waals surface area contributed by atoms with E-state index in [0.717, 1.165) is 37.4 Å². The minimum absolute atomic E-state index is 0.0192. The first kappa shape index (κ1) is 22.3. The molecule has 2 amide bonds. The Morgan fingerprint density at radius 2 is 1.85 bits per heavy atom. The zero-order valence-electron chi connectivity index (χ0n) is 19.2. The molecule has 1 aliphatic heterocycles. The number of amides is 2. The molecule has 1 aromatic carbocycles. The Morgan fingerprint density at radius 1 is 1.12 bits per heavy atom. The summed E-state index contributed by atoms with van der Waals surface area (Å²) in [6.07, 6.45) is 5.30. The summed E-state index contributed by atoms with van der Waals surface area (Å²) in [7, 11) is 0. The summed E-state index contributed by atoms with van der Waals surface area (Å²) in [5.41, 5.74) is 1.53. The quantitative estimate of drug-likeness (QED) is 0.603. The van der Waals surface area contributed by atoms with Crippen LogP contribution in [0.2, 0.25) is 0 Å². The van der Waals surface area contributed by atoms with Crippen molar-refractivity contribution >= 4 is 23.0 Å². The van der Waals surface area contributed by atoms with Crippen LogP contribution in [-0.4, -0.2) is 44.6 Å². The number of aromatic nitrogens is 2. The Labute approximate surface area is 197 Å². The molecule has 2 aromatic heterocycles. The largest absolute Gasteiger partial charge is 0.441 e. The van der Waals surface area contributed by atoms with E-state index in [1.807, 2.05) is 49.1 Å². The van der Waals surface area contributed by atoms with E-state index >= 15 is 0 Å². The van der Waals surface area contributed by atoms with Crippen LogP contribution in [0.5, 0.6) is 0 Å².